The lowest BCUT2D eigenvalue weighted by Gasteiger charge is -2.36. The third kappa shape index (κ3) is 4.35. The number of para-hydroxylation sites is 1. The van der Waals surface area contributed by atoms with Crippen molar-refractivity contribution < 1.29 is 28.7 Å². The molecule has 0 radical (unpaired) electrons. The summed E-state index contributed by atoms with van der Waals surface area (Å²) < 4.78 is 9.84. The van der Waals surface area contributed by atoms with Crippen molar-refractivity contribution in [1.82, 2.24) is 0 Å². The molecule has 2 fully saturated rings. The minimum atomic E-state index is -0.568. The van der Waals surface area contributed by atoms with Gasteiger partial charge in [-0.05, 0) is 37.8 Å². The number of carbonyl (C=O) groups is 4. The number of hydrogen-bond acceptors (Lipinski definition) is 6. The number of hydrogen-bond donors (Lipinski definition) is 1. The Balaban J connectivity index is 1.53. The van der Waals surface area contributed by atoms with Crippen molar-refractivity contribution in [3.8, 4) is 0 Å². The molecule has 1 amide bonds. The Kier molecular flexibility index (Phi) is 5.88. The Morgan fingerprint density at radius 1 is 1.11 bits per heavy atom. The molecular weight excluding hydrogens is 350 g/mol. The molecule has 0 aromatic heterocycles. The van der Waals surface area contributed by atoms with Crippen molar-refractivity contribution in [3.05, 3.63) is 29.8 Å². The Bertz CT molecular complexity index is 743. The fraction of sp³-hybridized carbons (Fsp3) is 0.500. The van der Waals surface area contributed by atoms with Crippen LogP contribution in [0.4, 0.5) is 5.69 Å². The zero-order valence-corrected chi connectivity index (χ0v) is 15.2. The standard InChI is InChI=1S/C20H23NO6/c1-26-20(25)15-7-2-3-8-16(15)21-17(22)11-27-19(24)14-9-12-5-4-6-13(10-14)18(12)23/h2-3,7-8,12-14H,4-6,9-11H2,1H3,(H,21,22)/t12-,13-/m1/s1. The van der Waals surface area contributed by atoms with E-state index in [4.69, 9.17) is 4.74 Å². The van der Waals surface area contributed by atoms with Crippen molar-refractivity contribution in [2.75, 3.05) is 19.0 Å². The van der Waals surface area contributed by atoms with Gasteiger partial charge in [0.25, 0.3) is 5.91 Å². The summed E-state index contributed by atoms with van der Waals surface area (Å²) in [5.41, 5.74) is 0.515. The molecule has 0 unspecified atom stereocenters. The first-order valence-electron chi connectivity index (χ1n) is 9.17. The maximum absolute atomic E-state index is 12.3. The molecule has 2 aliphatic rings. The summed E-state index contributed by atoms with van der Waals surface area (Å²) in [6.07, 6.45) is 3.74. The van der Waals surface area contributed by atoms with E-state index in [0.717, 1.165) is 19.3 Å². The first kappa shape index (κ1) is 19.1. The molecule has 0 spiro atoms. The van der Waals surface area contributed by atoms with Gasteiger partial charge in [0.15, 0.2) is 6.61 Å². The Labute approximate surface area is 157 Å². The number of amides is 1. The largest absolute Gasteiger partial charge is 0.465 e. The molecule has 3 rings (SSSR count). The second-order valence-corrected chi connectivity index (χ2v) is 7.09. The van der Waals surface area contributed by atoms with Crippen LogP contribution in [-0.2, 0) is 23.9 Å². The predicted octanol–water partition coefficient (Wildman–Crippen LogP) is 2.35. The summed E-state index contributed by atoms with van der Waals surface area (Å²) in [5.74, 6) is -1.67. The van der Waals surface area contributed by atoms with E-state index in [1.807, 2.05) is 0 Å². The van der Waals surface area contributed by atoms with Gasteiger partial charge in [0.1, 0.15) is 5.78 Å². The molecular formula is C20H23NO6. The fourth-order valence-corrected chi connectivity index (χ4v) is 3.99. The summed E-state index contributed by atoms with van der Waals surface area (Å²) in [6.45, 7) is -0.436. The normalized spacial score (nSPS) is 24.0. The van der Waals surface area contributed by atoms with Gasteiger partial charge in [0.2, 0.25) is 0 Å². The second-order valence-electron chi connectivity index (χ2n) is 7.09. The highest BCUT2D eigenvalue weighted by atomic mass is 16.5. The lowest BCUT2D eigenvalue weighted by atomic mass is 9.67. The summed E-state index contributed by atoms with van der Waals surface area (Å²) in [7, 11) is 1.26. The van der Waals surface area contributed by atoms with Gasteiger partial charge in [0, 0.05) is 11.8 Å². The molecule has 27 heavy (non-hydrogen) atoms. The number of carbonyl (C=O) groups excluding carboxylic acids is 4. The highest BCUT2D eigenvalue weighted by molar-refractivity contribution is 6.01. The van der Waals surface area contributed by atoms with Crippen molar-refractivity contribution in [3.63, 3.8) is 0 Å². The third-order valence-electron chi connectivity index (χ3n) is 5.33. The smallest absolute Gasteiger partial charge is 0.339 e. The van der Waals surface area contributed by atoms with E-state index in [2.05, 4.69) is 10.1 Å². The molecule has 2 aliphatic carbocycles. The number of ketones is 1. The molecule has 0 heterocycles. The summed E-state index contributed by atoms with van der Waals surface area (Å²) in [5, 5.41) is 2.56. The van der Waals surface area contributed by atoms with Gasteiger partial charge < -0.3 is 14.8 Å². The summed E-state index contributed by atoms with van der Waals surface area (Å²) in [6, 6.07) is 6.43. The molecule has 0 saturated heterocycles. The van der Waals surface area contributed by atoms with Crippen LogP contribution >= 0.6 is 0 Å². The number of methoxy groups -OCH3 is 1. The average Bonchev–Trinajstić information content (AvgIpc) is 2.65. The van der Waals surface area contributed by atoms with Gasteiger partial charge in [-0.15, -0.1) is 0 Å². The summed E-state index contributed by atoms with van der Waals surface area (Å²) in [4.78, 5) is 48.3. The van der Waals surface area contributed by atoms with Gasteiger partial charge in [-0.3, -0.25) is 14.4 Å². The Morgan fingerprint density at radius 2 is 1.78 bits per heavy atom. The molecule has 2 saturated carbocycles. The molecule has 7 heteroatoms. The number of nitrogens with one attached hydrogen (secondary N) is 1. The van der Waals surface area contributed by atoms with Crippen LogP contribution in [0.3, 0.4) is 0 Å². The van der Waals surface area contributed by atoms with Crippen LogP contribution in [0, 0.1) is 17.8 Å². The maximum Gasteiger partial charge on any atom is 0.339 e. The molecule has 1 N–H and O–H groups in total. The molecule has 2 atom stereocenters. The SMILES string of the molecule is COC(=O)c1ccccc1NC(=O)COC(=O)C1C[C@H]2CCC[C@H](C1)C2=O. The maximum atomic E-state index is 12.3. The zero-order chi connectivity index (χ0) is 19.4. The van der Waals surface area contributed by atoms with E-state index in [0.29, 0.717) is 18.5 Å². The molecule has 0 aliphatic heterocycles. The molecule has 2 bridgehead atoms. The predicted molar refractivity (Wildman–Crippen MR) is 95.9 cm³/mol. The number of benzene rings is 1. The number of rotatable bonds is 5. The van der Waals surface area contributed by atoms with E-state index < -0.39 is 24.5 Å². The molecule has 144 valence electrons. The molecule has 7 nitrogen and oxygen atoms in total. The van der Waals surface area contributed by atoms with Crippen LogP contribution < -0.4 is 5.32 Å². The monoisotopic (exact) mass is 373 g/mol. The van der Waals surface area contributed by atoms with Crippen molar-refractivity contribution >= 4 is 29.3 Å². The third-order valence-corrected chi connectivity index (χ3v) is 5.33. The number of anilines is 1. The minimum Gasteiger partial charge on any atom is -0.465 e. The highest BCUT2D eigenvalue weighted by Gasteiger charge is 2.41. The first-order valence-corrected chi connectivity index (χ1v) is 9.17. The summed E-state index contributed by atoms with van der Waals surface area (Å²) >= 11 is 0. The van der Waals surface area contributed by atoms with Gasteiger partial charge in [0.05, 0.1) is 24.3 Å². The van der Waals surface area contributed by atoms with Crippen molar-refractivity contribution in [2.24, 2.45) is 17.8 Å². The molecule has 1 aromatic rings. The average molecular weight is 373 g/mol. The van der Waals surface area contributed by atoms with Crippen molar-refractivity contribution in [1.29, 1.82) is 0 Å². The molecule has 1 aromatic carbocycles. The van der Waals surface area contributed by atoms with Gasteiger partial charge in [-0.25, -0.2) is 4.79 Å². The van der Waals surface area contributed by atoms with Gasteiger partial charge in [-0.1, -0.05) is 18.6 Å². The number of esters is 2. The van der Waals surface area contributed by atoms with Crippen LogP contribution in [-0.4, -0.2) is 37.3 Å². The minimum absolute atomic E-state index is 0.0455. The van der Waals surface area contributed by atoms with E-state index >= 15 is 0 Å². The Hall–Kier alpha value is -2.70. The first-order chi connectivity index (χ1) is 13.0. The van der Waals surface area contributed by atoms with E-state index in [1.165, 1.54) is 13.2 Å². The van der Waals surface area contributed by atoms with Crippen LogP contribution in [0.1, 0.15) is 42.5 Å². The van der Waals surface area contributed by atoms with Crippen LogP contribution in [0.25, 0.3) is 0 Å². The Morgan fingerprint density at radius 3 is 2.44 bits per heavy atom. The lowest BCUT2D eigenvalue weighted by molar-refractivity contribution is -0.155. The van der Waals surface area contributed by atoms with Crippen LogP contribution in [0.2, 0.25) is 0 Å². The van der Waals surface area contributed by atoms with Gasteiger partial charge in [-0.2, -0.15) is 0 Å². The topological polar surface area (TPSA) is 98.8 Å². The lowest BCUT2D eigenvalue weighted by Crippen LogP contribution is -2.40. The van der Waals surface area contributed by atoms with E-state index in [-0.39, 0.29) is 29.1 Å². The van der Waals surface area contributed by atoms with Crippen LogP contribution in [0.5, 0.6) is 0 Å². The fourth-order valence-electron chi connectivity index (χ4n) is 3.99. The second kappa shape index (κ2) is 8.33. The number of fused-ring (bicyclic) bond motifs is 2. The van der Waals surface area contributed by atoms with Gasteiger partial charge >= 0.3 is 11.9 Å². The quantitative estimate of drug-likeness (QED) is 0.796. The van der Waals surface area contributed by atoms with Crippen LogP contribution in [0.15, 0.2) is 24.3 Å². The number of Topliss-reactive ketones (excluding diaryl/α,β-unsaturated/α-hetero) is 1. The van der Waals surface area contributed by atoms with E-state index in [9.17, 15) is 19.2 Å². The van der Waals surface area contributed by atoms with E-state index in [1.54, 1.807) is 18.2 Å². The van der Waals surface area contributed by atoms with Crippen molar-refractivity contribution in [2.45, 2.75) is 32.1 Å². The zero-order valence-electron chi connectivity index (χ0n) is 15.2. The highest BCUT2D eigenvalue weighted by Crippen LogP contribution is 2.40. The number of ether oxygens (including phenoxy) is 2.